The van der Waals surface area contributed by atoms with E-state index in [-0.39, 0.29) is 5.75 Å². The van der Waals surface area contributed by atoms with Crippen LogP contribution in [0.2, 0.25) is 0 Å². The Bertz CT molecular complexity index is 422. The van der Waals surface area contributed by atoms with Crippen molar-refractivity contribution in [2.75, 3.05) is 0 Å². The van der Waals surface area contributed by atoms with E-state index < -0.39 is 24.7 Å². The van der Waals surface area contributed by atoms with E-state index in [9.17, 15) is 35.1 Å². The van der Waals surface area contributed by atoms with Gasteiger partial charge in [0.1, 0.15) is 5.75 Å². The van der Waals surface area contributed by atoms with Gasteiger partial charge in [0, 0.05) is 0 Å². The van der Waals surface area contributed by atoms with Crippen molar-refractivity contribution < 1.29 is 39.9 Å². The molecular weight excluding hydrogens is 300 g/mol. The van der Waals surface area contributed by atoms with Gasteiger partial charge in [0.15, 0.2) is 0 Å². The monoisotopic (exact) mass is 308 g/mol. The molecule has 0 radical (unpaired) electrons. The van der Waals surface area contributed by atoms with Gasteiger partial charge in [0.05, 0.1) is 0 Å². The summed E-state index contributed by atoms with van der Waals surface area (Å²) in [5.41, 5.74) is 0.831. The molecule has 1 aromatic carbocycles. The maximum atomic E-state index is 12.4. The van der Waals surface area contributed by atoms with Crippen LogP contribution in [0.5, 0.6) is 5.75 Å². The molecule has 1 rings (SSSR count). The minimum atomic E-state index is -4.44. The standard InChI is InChI=1S/C9H8F4O.C2F4/c1-6-2-4-7(5-3-6)14-9(12,13)8(10)11;3-1(4)2(5)6/h2-5,8H,1H3;. The molecule has 0 aliphatic rings. The van der Waals surface area contributed by atoms with Gasteiger partial charge < -0.3 is 4.74 Å². The lowest BCUT2D eigenvalue weighted by molar-refractivity contribution is -0.253. The molecule has 1 nitrogen and oxygen atoms in total. The summed E-state index contributed by atoms with van der Waals surface area (Å²) in [5, 5.41) is 0. The molecule has 0 amide bonds. The molecule has 0 fully saturated rings. The van der Waals surface area contributed by atoms with Gasteiger partial charge in [0.2, 0.25) is 0 Å². The van der Waals surface area contributed by atoms with Gasteiger partial charge in [-0.2, -0.15) is 35.1 Å². The lowest BCUT2D eigenvalue weighted by atomic mass is 10.2. The van der Waals surface area contributed by atoms with Crippen LogP contribution in [0.3, 0.4) is 0 Å². The van der Waals surface area contributed by atoms with Crippen LogP contribution < -0.4 is 4.74 Å². The summed E-state index contributed by atoms with van der Waals surface area (Å²) < 4.78 is 93.1. The van der Waals surface area contributed by atoms with E-state index in [1.165, 1.54) is 24.3 Å². The Morgan fingerprint density at radius 2 is 1.35 bits per heavy atom. The van der Waals surface area contributed by atoms with Crippen LogP contribution in [-0.4, -0.2) is 12.5 Å². The molecule has 0 heterocycles. The van der Waals surface area contributed by atoms with Crippen LogP contribution in [-0.2, 0) is 0 Å². The smallest absolute Gasteiger partial charge is 0.428 e. The molecule has 0 saturated heterocycles. The van der Waals surface area contributed by atoms with Gasteiger partial charge in [-0.05, 0) is 19.1 Å². The van der Waals surface area contributed by atoms with Crippen molar-refractivity contribution in [3.05, 3.63) is 42.0 Å². The molecule has 0 atom stereocenters. The maximum Gasteiger partial charge on any atom is 0.461 e. The first kappa shape index (κ1) is 18.2. The molecule has 0 saturated carbocycles. The van der Waals surface area contributed by atoms with Gasteiger partial charge in [0.25, 0.3) is 0 Å². The molecule has 0 aliphatic heterocycles. The highest BCUT2D eigenvalue weighted by atomic mass is 19.3. The Morgan fingerprint density at radius 3 is 1.65 bits per heavy atom. The third kappa shape index (κ3) is 6.95. The Morgan fingerprint density at radius 1 is 0.950 bits per heavy atom. The maximum absolute atomic E-state index is 12.4. The normalized spacial score (nSPS) is 10.7. The van der Waals surface area contributed by atoms with Crippen LogP contribution in [0.4, 0.5) is 35.1 Å². The molecule has 114 valence electrons. The predicted molar refractivity (Wildman–Crippen MR) is 54.2 cm³/mol. The summed E-state index contributed by atoms with van der Waals surface area (Å²) in [7, 11) is 0. The lowest BCUT2D eigenvalue weighted by Gasteiger charge is -2.16. The first-order valence-corrected chi connectivity index (χ1v) is 4.84. The Kier molecular flexibility index (Phi) is 7.01. The molecule has 9 heteroatoms. The Hall–Kier alpha value is -1.80. The highest BCUT2D eigenvalue weighted by molar-refractivity contribution is 5.26. The molecule has 0 aromatic heterocycles. The van der Waals surface area contributed by atoms with Gasteiger partial charge in [-0.1, -0.05) is 17.7 Å². The van der Waals surface area contributed by atoms with Crippen molar-refractivity contribution in [3.63, 3.8) is 0 Å². The molecule has 0 aliphatic carbocycles. The highest BCUT2D eigenvalue weighted by Crippen LogP contribution is 2.27. The average molecular weight is 308 g/mol. The van der Waals surface area contributed by atoms with Crippen LogP contribution in [0.15, 0.2) is 36.4 Å². The third-order valence-electron chi connectivity index (χ3n) is 1.67. The van der Waals surface area contributed by atoms with Crippen LogP contribution in [0, 0.1) is 6.92 Å². The molecule has 0 spiro atoms. The number of benzene rings is 1. The largest absolute Gasteiger partial charge is 0.461 e. The first-order chi connectivity index (χ1) is 9.06. The van der Waals surface area contributed by atoms with E-state index in [1.54, 1.807) is 6.92 Å². The molecule has 0 unspecified atom stereocenters. The van der Waals surface area contributed by atoms with Crippen molar-refractivity contribution in [2.45, 2.75) is 19.5 Å². The number of halogens is 8. The second-order valence-corrected chi connectivity index (χ2v) is 3.30. The summed E-state index contributed by atoms with van der Waals surface area (Å²) in [6.45, 7) is 1.75. The second kappa shape index (κ2) is 7.71. The van der Waals surface area contributed by atoms with Gasteiger partial charge >= 0.3 is 24.7 Å². The van der Waals surface area contributed by atoms with Crippen molar-refractivity contribution in [2.24, 2.45) is 0 Å². The zero-order chi connectivity index (χ0) is 15.9. The van der Waals surface area contributed by atoms with E-state index in [0.29, 0.717) is 0 Å². The van der Waals surface area contributed by atoms with Gasteiger partial charge in [-0.15, -0.1) is 0 Å². The second-order valence-electron chi connectivity index (χ2n) is 3.30. The topological polar surface area (TPSA) is 9.23 Å². The minimum absolute atomic E-state index is 0.277. The summed E-state index contributed by atoms with van der Waals surface area (Å²) in [5.74, 6) is -0.277. The number of hydrogen-bond donors (Lipinski definition) is 0. The fourth-order valence-electron chi connectivity index (χ4n) is 0.808. The lowest BCUT2D eigenvalue weighted by Crippen LogP contribution is -2.33. The zero-order valence-corrected chi connectivity index (χ0v) is 9.82. The predicted octanol–water partition coefficient (Wildman–Crippen LogP) is 5.22. The molecule has 0 N–H and O–H groups in total. The Labute approximate surface area is 108 Å². The number of ether oxygens (including phenoxy) is 1. The highest BCUT2D eigenvalue weighted by Gasteiger charge is 2.43. The first-order valence-electron chi connectivity index (χ1n) is 4.84. The van der Waals surface area contributed by atoms with E-state index >= 15 is 0 Å². The van der Waals surface area contributed by atoms with E-state index in [2.05, 4.69) is 4.74 Å². The molecule has 1 aromatic rings. The summed E-state index contributed by atoms with van der Waals surface area (Å²) in [6, 6.07) is 5.42. The number of aryl methyl sites for hydroxylation is 1. The molecule has 0 bridgehead atoms. The number of rotatable bonds is 3. The van der Waals surface area contributed by atoms with Crippen molar-refractivity contribution >= 4 is 0 Å². The number of hydrogen-bond acceptors (Lipinski definition) is 1. The summed E-state index contributed by atoms with van der Waals surface area (Å²) >= 11 is 0. The summed E-state index contributed by atoms with van der Waals surface area (Å²) in [4.78, 5) is 0. The van der Waals surface area contributed by atoms with E-state index in [1.807, 2.05) is 0 Å². The van der Waals surface area contributed by atoms with E-state index in [0.717, 1.165) is 5.56 Å². The SMILES string of the molecule is Cc1ccc(OC(F)(F)C(F)F)cc1.FC(F)=C(F)F. The van der Waals surface area contributed by atoms with Crippen LogP contribution >= 0.6 is 0 Å². The molecule has 20 heavy (non-hydrogen) atoms. The third-order valence-corrected chi connectivity index (χ3v) is 1.67. The molecular formula is C11H8F8O. The summed E-state index contributed by atoms with van der Waals surface area (Å²) in [6.07, 6.45) is -14.1. The van der Waals surface area contributed by atoms with Gasteiger partial charge in [-0.3, -0.25) is 0 Å². The fourth-order valence-corrected chi connectivity index (χ4v) is 0.808. The Balaban J connectivity index is 0.000000511. The fraction of sp³-hybridized carbons (Fsp3) is 0.273. The average Bonchev–Trinajstić information content (AvgIpc) is 2.32. The van der Waals surface area contributed by atoms with Crippen molar-refractivity contribution in [3.8, 4) is 5.75 Å². The van der Waals surface area contributed by atoms with Crippen LogP contribution in [0.25, 0.3) is 0 Å². The quantitative estimate of drug-likeness (QED) is 0.695. The minimum Gasteiger partial charge on any atom is -0.428 e. The van der Waals surface area contributed by atoms with Crippen molar-refractivity contribution in [1.29, 1.82) is 0 Å². The van der Waals surface area contributed by atoms with E-state index in [4.69, 9.17) is 0 Å². The van der Waals surface area contributed by atoms with Crippen molar-refractivity contribution in [1.82, 2.24) is 0 Å². The number of alkyl halides is 4. The van der Waals surface area contributed by atoms with Crippen LogP contribution in [0.1, 0.15) is 5.56 Å². The van der Waals surface area contributed by atoms with Gasteiger partial charge in [-0.25, -0.2) is 0 Å². The zero-order valence-electron chi connectivity index (χ0n) is 9.82.